The van der Waals surface area contributed by atoms with Gasteiger partial charge in [0.05, 0.1) is 16.9 Å². The van der Waals surface area contributed by atoms with Gasteiger partial charge in [-0.2, -0.15) is 0 Å². The smallest absolute Gasteiger partial charge is 0.227 e. The number of nitrogens with zero attached hydrogens (tertiary/aromatic N) is 2. The van der Waals surface area contributed by atoms with E-state index in [4.69, 9.17) is 0 Å². The van der Waals surface area contributed by atoms with Gasteiger partial charge in [-0.25, -0.2) is 0 Å². The highest BCUT2D eigenvalue weighted by Crippen LogP contribution is 2.38. The quantitative estimate of drug-likeness (QED) is 0.791. The van der Waals surface area contributed by atoms with Crippen LogP contribution in [0, 0.1) is 12.8 Å². The lowest BCUT2D eigenvalue weighted by molar-refractivity contribution is -0.121. The van der Waals surface area contributed by atoms with E-state index in [2.05, 4.69) is 35.6 Å². The van der Waals surface area contributed by atoms with Crippen LogP contribution in [0.25, 0.3) is 0 Å². The average Bonchev–Trinajstić information content (AvgIpc) is 3.42. The number of piperidine rings is 1. The summed E-state index contributed by atoms with van der Waals surface area (Å²) in [7, 11) is 0. The maximum atomic E-state index is 12.0. The monoisotopic (exact) mass is 345 g/mol. The first-order chi connectivity index (χ1) is 11.6. The molecule has 0 aromatic carbocycles. The molecule has 130 valence electrons. The highest BCUT2D eigenvalue weighted by molar-refractivity contribution is 8.03. The van der Waals surface area contributed by atoms with Gasteiger partial charge in [-0.15, -0.1) is 0 Å². The Hall–Kier alpha value is -1.49. The van der Waals surface area contributed by atoms with Gasteiger partial charge in [0.1, 0.15) is 0 Å². The predicted octanol–water partition coefficient (Wildman–Crippen LogP) is 4.03. The van der Waals surface area contributed by atoms with Crippen LogP contribution in [0.1, 0.15) is 50.3 Å². The predicted molar refractivity (Wildman–Crippen MR) is 100 cm³/mol. The molecule has 1 N–H and O–H groups in total. The van der Waals surface area contributed by atoms with Crippen LogP contribution in [0.4, 0.5) is 5.69 Å². The summed E-state index contributed by atoms with van der Waals surface area (Å²) < 4.78 is 0. The van der Waals surface area contributed by atoms with Gasteiger partial charge >= 0.3 is 0 Å². The molecule has 1 saturated heterocycles. The molecule has 3 rings (SSSR count). The number of aryl methyl sites for hydroxylation is 1. The topological polar surface area (TPSA) is 45.2 Å². The number of carbonyl (C=O) groups excluding carboxylic acids is 1. The Morgan fingerprint density at radius 2 is 2.08 bits per heavy atom. The first kappa shape index (κ1) is 17.3. The lowest BCUT2D eigenvalue weighted by Gasteiger charge is -2.31. The van der Waals surface area contributed by atoms with E-state index in [-0.39, 0.29) is 11.8 Å². The number of anilines is 1. The van der Waals surface area contributed by atoms with Crippen molar-refractivity contribution in [2.24, 2.45) is 5.92 Å². The van der Waals surface area contributed by atoms with E-state index in [1.807, 2.05) is 6.20 Å². The van der Waals surface area contributed by atoms with Crippen molar-refractivity contribution >= 4 is 23.4 Å². The molecular weight excluding hydrogens is 318 g/mol. The molecule has 0 spiro atoms. The van der Waals surface area contributed by atoms with Gasteiger partial charge in [0, 0.05) is 29.6 Å². The van der Waals surface area contributed by atoms with Crippen LogP contribution in [0.2, 0.25) is 0 Å². The Morgan fingerprint density at radius 3 is 2.71 bits per heavy atom. The molecule has 1 aromatic heterocycles. The van der Waals surface area contributed by atoms with Crippen molar-refractivity contribution in [3.05, 3.63) is 29.1 Å². The molecule has 0 radical (unpaired) electrons. The maximum absolute atomic E-state index is 12.0. The first-order valence-corrected chi connectivity index (χ1v) is 9.82. The summed E-state index contributed by atoms with van der Waals surface area (Å²) >= 11 is 1.59. The van der Waals surface area contributed by atoms with Crippen molar-refractivity contribution in [3.8, 4) is 0 Å². The number of rotatable bonds is 6. The van der Waals surface area contributed by atoms with Gasteiger partial charge in [0.2, 0.25) is 5.91 Å². The number of amides is 1. The van der Waals surface area contributed by atoms with Crippen molar-refractivity contribution in [3.63, 3.8) is 0 Å². The zero-order valence-corrected chi connectivity index (χ0v) is 15.5. The molecule has 1 aromatic rings. The molecule has 1 amide bonds. The number of hydrogen-bond donors (Lipinski definition) is 1. The minimum Gasteiger partial charge on any atom is -0.369 e. The van der Waals surface area contributed by atoms with Crippen LogP contribution in [0.15, 0.2) is 22.7 Å². The van der Waals surface area contributed by atoms with Gasteiger partial charge in [-0.1, -0.05) is 25.3 Å². The van der Waals surface area contributed by atoms with E-state index in [9.17, 15) is 4.79 Å². The van der Waals surface area contributed by atoms with Gasteiger partial charge in [-0.3, -0.25) is 9.78 Å². The van der Waals surface area contributed by atoms with E-state index in [1.54, 1.807) is 11.8 Å². The molecule has 4 nitrogen and oxygen atoms in total. The van der Waals surface area contributed by atoms with Crippen molar-refractivity contribution in [2.75, 3.05) is 18.0 Å². The molecule has 1 aliphatic heterocycles. The molecule has 0 bridgehead atoms. The molecule has 2 aliphatic rings. The van der Waals surface area contributed by atoms with Crippen LogP contribution < -0.4 is 10.2 Å². The number of hydrogen-bond acceptors (Lipinski definition) is 4. The van der Waals surface area contributed by atoms with E-state index in [0.717, 1.165) is 43.1 Å². The highest BCUT2D eigenvalue weighted by Gasteiger charge is 2.30. The number of thioether (sulfide) groups is 1. The summed E-state index contributed by atoms with van der Waals surface area (Å²) in [6.45, 7) is 10.5. The van der Waals surface area contributed by atoms with Crippen molar-refractivity contribution in [1.82, 2.24) is 10.3 Å². The summed E-state index contributed by atoms with van der Waals surface area (Å²) in [6.07, 6.45) is 8.73. The zero-order chi connectivity index (χ0) is 17.1. The number of carbonyl (C=O) groups is 1. The SMILES string of the molecule is C=C(NC(=O)C1CC1)Sc1c(N2CCCCC2)cnc(CC)c1C. The van der Waals surface area contributed by atoms with E-state index in [1.165, 1.54) is 35.4 Å². The van der Waals surface area contributed by atoms with Crippen LogP contribution in [0.5, 0.6) is 0 Å². The summed E-state index contributed by atoms with van der Waals surface area (Å²) in [6, 6.07) is 0. The fourth-order valence-corrected chi connectivity index (χ4v) is 4.15. The van der Waals surface area contributed by atoms with E-state index >= 15 is 0 Å². The molecular formula is C19H27N3OS. The summed E-state index contributed by atoms with van der Waals surface area (Å²) in [5.74, 6) is 0.322. The molecule has 1 aliphatic carbocycles. The second-order valence-corrected chi connectivity index (χ2v) is 7.84. The highest BCUT2D eigenvalue weighted by atomic mass is 32.2. The van der Waals surface area contributed by atoms with Gasteiger partial charge in [0.15, 0.2) is 0 Å². The van der Waals surface area contributed by atoms with Crippen LogP contribution in [-0.4, -0.2) is 24.0 Å². The van der Waals surface area contributed by atoms with E-state index in [0.29, 0.717) is 0 Å². The summed E-state index contributed by atoms with van der Waals surface area (Å²) in [5, 5.41) is 3.70. The van der Waals surface area contributed by atoms with Crippen molar-refractivity contribution < 1.29 is 4.79 Å². The van der Waals surface area contributed by atoms with Crippen molar-refractivity contribution in [1.29, 1.82) is 0 Å². The number of aromatic nitrogens is 1. The molecule has 0 unspecified atom stereocenters. The average molecular weight is 346 g/mol. The zero-order valence-electron chi connectivity index (χ0n) is 14.7. The number of nitrogens with one attached hydrogen (secondary N) is 1. The second kappa shape index (κ2) is 7.60. The lowest BCUT2D eigenvalue weighted by atomic mass is 10.1. The second-order valence-electron chi connectivity index (χ2n) is 6.73. The third-order valence-corrected chi connectivity index (χ3v) is 5.88. The fraction of sp³-hybridized carbons (Fsp3) is 0.579. The Balaban J connectivity index is 1.82. The van der Waals surface area contributed by atoms with Gasteiger partial charge in [-0.05, 0) is 51.0 Å². The maximum Gasteiger partial charge on any atom is 0.227 e. The molecule has 24 heavy (non-hydrogen) atoms. The molecule has 1 saturated carbocycles. The minimum absolute atomic E-state index is 0.120. The lowest BCUT2D eigenvalue weighted by Crippen LogP contribution is -2.30. The Kier molecular flexibility index (Phi) is 5.49. The Bertz CT molecular complexity index is 634. The molecule has 2 fully saturated rings. The van der Waals surface area contributed by atoms with Crippen LogP contribution >= 0.6 is 11.8 Å². The molecule has 5 heteroatoms. The molecule has 0 atom stereocenters. The third kappa shape index (κ3) is 3.94. The van der Waals surface area contributed by atoms with Gasteiger partial charge < -0.3 is 10.2 Å². The largest absolute Gasteiger partial charge is 0.369 e. The van der Waals surface area contributed by atoms with Crippen LogP contribution in [0.3, 0.4) is 0 Å². The fourth-order valence-electron chi connectivity index (χ4n) is 3.20. The van der Waals surface area contributed by atoms with Crippen molar-refractivity contribution in [2.45, 2.75) is 57.3 Å². The van der Waals surface area contributed by atoms with E-state index < -0.39 is 0 Å². The Labute approximate surface area is 149 Å². The minimum atomic E-state index is 0.120. The molecule has 2 heterocycles. The summed E-state index contributed by atoms with van der Waals surface area (Å²) in [4.78, 5) is 20.3. The Morgan fingerprint density at radius 1 is 1.38 bits per heavy atom. The number of pyridine rings is 1. The van der Waals surface area contributed by atoms with Gasteiger partial charge in [0.25, 0.3) is 0 Å². The summed E-state index contributed by atoms with van der Waals surface area (Å²) in [5.41, 5.74) is 3.53. The van der Waals surface area contributed by atoms with Crippen LogP contribution in [-0.2, 0) is 11.2 Å². The standard InChI is InChI=1S/C19H27N3OS/c1-4-16-13(2)18(24-14(3)21-19(23)15-8-9-15)17(12-20-16)22-10-6-5-7-11-22/h12,15H,3-11H2,1-2H3,(H,21,23). The first-order valence-electron chi connectivity index (χ1n) is 9.01. The normalized spacial score (nSPS) is 17.7. The third-order valence-electron chi connectivity index (χ3n) is 4.82.